The first kappa shape index (κ1) is 7.65. The third-order valence-electron chi connectivity index (χ3n) is 1.57. The maximum absolute atomic E-state index is 11.0. The van der Waals surface area contributed by atoms with E-state index in [0.717, 1.165) is 0 Å². The number of amides is 1. The van der Waals surface area contributed by atoms with Crippen LogP contribution in [0.5, 0.6) is 0 Å². The zero-order valence-corrected chi connectivity index (χ0v) is 6.13. The minimum Gasteiger partial charge on any atom is -0.402 e. The smallest absolute Gasteiger partial charge is 0.256 e. The highest BCUT2D eigenvalue weighted by Crippen LogP contribution is 2.11. The first-order valence-corrected chi connectivity index (χ1v) is 3.08. The lowest BCUT2D eigenvalue weighted by atomic mass is 10.2. The van der Waals surface area contributed by atoms with E-state index in [4.69, 9.17) is 11.5 Å². The SMILES string of the molecule is BN1CC(=O)C(C(N)=O)=C1N. The average molecular weight is 153 g/mol. The lowest BCUT2D eigenvalue weighted by Crippen LogP contribution is -2.22. The van der Waals surface area contributed by atoms with E-state index in [-0.39, 0.29) is 23.7 Å². The normalized spacial score (nSPS) is 17.8. The molecule has 1 amide bonds. The summed E-state index contributed by atoms with van der Waals surface area (Å²) in [6.07, 6.45) is 0. The minimum absolute atomic E-state index is 0.0764. The molecular weight excluding hydrogens is 145 g/mol. The third kappa shape index (κ3) is 1.06. The highest BCUT2D eigenvalue weighted by Gasteiger charge is 2.28. The Kier molecular flexibility index (Phi) is 1.60. The molecule has 0 aliphatic carbocycles. The van der Waals surface area contributed by atoms with Crippen LogP contribution in [0.4, 0.5) is 0 Å². The van der Waals surface area contributed by atoms with Gasteiger partial charge in [-0.15, -0.1) is 0 Å². The van der Waals surface area contributed by atoms with Crippen LogP contribution in [-0.2, 0) is 9.59 Å². The molecule has 5 nitrogen and oxygen atoms in total. The van der Waals surface area contributed by atoms with Gasteiger partial charge in [-0.3, -0.25) is 9.59 Å². The number of rotatable bonds is 1. The first-order chi connectivity index (χ1) is 5.04. The van der Waals surface area contributed by atoms with E-state index in [0.29, 0.717) is 0 Å². The van der Waals surface area contributed by atoms with Crippen LogP contribution in [0.3, 0.4) is 0 Å². The van der Waals surface area contributed by atoms with Gasteiger partial charge in [0.2, 0.25) is 7.98 Å². The van der Waals surface area contributed by atoms with Crippen molar-refractivity contribution in [3.8, 4) is 0 Å². The number of nitrogens with zero attached hydrogens (tertiary/aromatic N) is 1. The zero-order chi connectivity index (χ0) is 8.59. The Morgan fingerprint density at radius 2 is 2.18 bits per heavy atom. The second-order valence-electron chi connectivity index (χ2n) is 2.40. The maximum atomic E-state index is 11.0. The molecule has 0 saturated heterocycles. The van der Waals surface area contributed by atoms with Crippen LogP contribution in [0.15, 0.2) is 11.4 Å². The predicted octanol–water partition coefficient (Wildman–Crippen LogP) is -2.93. The number of ketones is 1. The molecule has 0 radical (unpaired) electrons. The molecule has 0 fully saturated rings. The Hall–Kier alpha value is -1.46. The van der Waals surface area contributed by atoms with Crippen molar-refractivity contribution < 1.29 is 9.59 Å². The van der Waals surface area contributed by atoms with Crippen LogP contribution in [0, 0.1) is 0 Å². The zero-order valence-electron chi connectivity index (χ0n) is 6.13. The monoisotopic (exact) mass is 153 g/mol. The fourth-order valence-electron chi connectivity index (χ4n) is 0.977. The van der Waals surface area contributed by atoms with Crippen LogP contribution in [0.25, 0.3) is 0 Å². The molecule has 0 atom stereocenters. The number of hydrogen-bond acceptors (Lipinski definition) is 4. The van der Waals surface area contributed by atoms with Gasteiger partial charge in [-0.05, 0) is 0 Å². The Balaban J connectivity index is 3.07. The van der Waals surface area contributed by atoms with E-state index in [2.05, 4.69) is 0 Å². The van der Waals surface area contributed by atoms with Gasteiger partial charge >= 0.3 is 0 Å². The summed E-state index contributed by atoms with van der Waals surface area (Å²) in [6.45, 7) is 0.143. The van der Waals surface area contributed by atoms with Gasteiger partial charge in [-0.2, -0.15) is 0 Å². The molecule has 58 valence electrons. The van der Waals surface area contributed by atoms with Gasteiger partial charge < -0.3 is 16.3 Å². The molecule has 0 aromatic rings. The van der Waals surface area contributed by atoms with Gasteiger partial charge in [-0.25, -0.2) is 0 Å². The number of carbonyl (C=O) groups is 2. The Labute approximate surface area is 64.4 Å². The summed E-state index contributed by atoms with van der Waals surface area (Å²) >= 11 is 0. The van der Waals surface area contributed by atoms with Crippen LogP contribution in [-0.4, -0.2) is 31.0 Å². The summed E-state index contributed by atoms with van der Waals surface area (Å²) in [4.78, 5) is 23.0. The molecule has 0 bridgehead atoms. The maximum Gasteiger partial charge on any atom is 0.256 e. The van der Waals surface area contributed by atoms with Crippen molar-refractivity contribution in [1.29, 1.82) is 0 Å². The Morgan fingerprint density at radius 1 is 1.64 bits per heavy atom. The second kappa shape index (κ2) is 2.30. The van der Waals surface area contributed by atoms with Crippen molar-refractivity contribution in [3.05, 3.63) is 11.4 Å². The fourth-order valence-corrected chi connectivity index (χ4v) is 0.977. The standard InChI is InChI=1S/C5H8BN3O2/c6-9-1-2(10)3(4(9)7)5(8)11/h1,6-7H2,(H2,8,11). The molecule has 11 heavy (non-hydrogen) atoms. The largest absolute Gasteiger partial charge is 0.402 e. The number of Topliss-reactive ketones (excluding diaryl/α,β-unsaturated/α-hetero) is 1. The minimum atomic E-state index is -0.753. The summed E-state index contributed by atoms with van der Waals surface area (Å²) in [5, 5.41) is 0. The Morgan fingerprint density at radius 3 is 2.36 bits per heavy atom. The van der Waals surface area contributed by atoms with Gasteiger partial charge in [0.05, 0.1) is 6.54 Å². The van der Waals surface area contributed by atoms with Gasteiger partial charge in [0.25, 0.3) is 5.91 Å². The van der Waals surface area contributed by atoms with Crippen molar-refractivity contribution in [1.82, 2.24) is 4.81 Å². The predicted molar refractivity (Wildman–Crippen MR) is 40.7 cm³/mol. The van der Waals surface area contributed by atoms with E-state index < -0.39 is 5.91 Å². The van der Waals surface area contributed by atoms with Crippen LogP contribution in [0.1, 0.15) is 0 Å². The molecule has 4 N–H and O–H groups in total. The summed E-state index contributed by atoms with van der Waals surface area (Å²) in [5.74, 6) is -0.892. The quantitative estimate of drug-likeness (QED) is 0.311. The lowest BCUT2D eigenvalue weighted by Gasteiger charge is -2.09. The van der Waals surface area contributed by atoms with Gasteiger partial charge in [-0.1, -0.05) is 0 Å². The molecule has 1 heterocycles. The number of hydrogen-bond donors (Lipinski definition) is 2. The summed E-state index contributed by atoms with van der Waals surface area (Å²) in [5.41, 5.74) is 10.2. The molecule has 0 saturated carbocycles. The van der Waals surface area contributed by atoms with E-state index in [9.17, 15) is 9.59 Å². The van der Waals surface area contributed by atoms with Gasteiger partial charge in [0.1, 0.15) is 11.4 Å². The summed E-state index contributed by atoms with van der Waals surface area (Å²) in [7, 11) is 1.63. The molecular formula is C5H8BN3O2. The van der Waals surface area contributed by atoms with Crippen molar-refractivity contribution in [2.45, 2.75) is 0 Å². The first-order valence-electron chi connectivity index (χ1n) is 3.08. The van der Waals surface area contributed by atoms with E-state index >= 15 is 0 Å². The molecule has 0 aromatic carbocycles. The average Bonchev–Trinajstić information content (AvgIpc) is 2.07. The van der Waals surface area contributed by atoms with Crippen LogP contribution < -0.4 is 11.5 Å². The third-order valence-corrected chi connectivity index (χ3v) is 1.57. The molecule has 1 aliphatic rings. The van der Waals surface area contributed by atoms with Crippen molar-refractivity contribution in [2.75, 3.05) is 6.54 Å². The highest BCUT2D eigenvalue weighted by atomic mass is 16.2. The molecule has 1 rings (SSSR count). The van der Waals surface area contributed by atoms with Crippen LogP contribution in [0.2, 0.25) is 0 Å². The number of nitrogens with two attached hydrogens (primary N) is 2. The van der Waals surface area contributed by atoms with Gasteiger partial charge in [0.15, 0.2) is 5.78 Å². The van der Waals surface area contributed by atoms with Crippen molar-refractivity contribution in [2.24, 2.45) is 11.5 Å². The highest BCUT2D eigenvalue weighted by molar-refractivity contribution is 6.24. The lowest BCUT2D eigenvalue weighted by molar-refractivity contribution is -0.120. The number of primary amides is 1. The van der Waals surface area contributed by atoms with Gasteiger partial charge in [0, 0.05) is 0 Å². The molecule has 0 aromatic heterocycles. The van der Waals surface area contributed by atoms with E-state index in [1.54, 1.807) is 7.98 Å². The summed E-state index contributed by atoms with van der Waals surface area (Å²) in [6, 6.07) is 0. The number of carbonyl (C=O) groups excluding carboxylic acids is 2. The molecule has 0 unspecified atom stereocenters. The van der Waals surface area contributed by atoms with E-state index in [1.807, 2.05) is 0 Å². The van der Waals surface area contributed by atoms with Crippen LogP contribution >= 0.6 is 0 Å². The molecule has 6 heteroatoms. The molecule has 0 spiro atoms. The van der Waals surface area contributed by atoms with E-state index in [1.165, 1.54) is 4.81 Å². The second-order valence-corrected chi connectivity index (χ2v) is 2.40. The topological polar surface area (TPSA) is 89.4 Å². The fraction of sp³-hybridized carbons (Fsp3) is 0.200. The Bertz CT molecular complexity index is 260. The van der Waals surface area contributed by atoms with Crippen molar-refractivity contribution >= 4 is 19.7 Å². The summed E-state index contributed by atoms with van der Waals surface area (Å²) < 4.78 is 0. The van der Waals surface area contributed by atoms with Crippen molar-refractivity contribution in [3.63, 3.8) is 0 Å². The molecule has 1 aliphatic heterocycles.